The summed E-state index contributed by atoms with van der Waals surface area (Å²) < 4.78 is 5.22. The number of hydrogen-bond acceptors (Lipinski definition) is 3. The first-order valence-electron chi connectivity index (χ1n) is 6.52. The molecule has 0 aromatic heterocycles. The fourth-order valence-electron chi connectivity index (χ4n) is 1.59. The fraction of sp³-hybridized carbons (Fsp3) is 0.533. The lowest BCUT2D eigenvalue weighted by Crippen LogP contribution is -2.25. The second-order valence-corrected chi connectivity index (χ2v) is 4.70. The number of esters is 1. The molecule has 1 unspecified atom stereocenters. The van der Waals surface area contributed by atoms with Crippen LogP contribution < -0.4 is 0 Å². The number of carbonyl (C=O) groups is 1. The van der Waals surface area contributed by atoms with Crippen LogP contribution in [0.2, 0.25) is 0 Å². The molecular weight excluding hydrogens is 226 g/mol. The summed E-state index contributed by atoms with van der Waals surface area (Å²) in [5, 5.41) is 0. The Labute approximate surface area is 110 Å². The predicted octanol–water partition coefficient (Wildman–Crippen LogP) is 2.71. The Kier molecular flexibility index (Phi) is 6.44. The largest absolute Gasteiger partial charge is 0.464 e. The molecule has 100 valence electrons. The Balaban J connectivity index is 2.22. The Morgan fingerprint density at radius 2 is 2.00 bits per heavy atom. The number of ether oxygens (including phenoxy) is 1. The Morgan fingerprint density at radius 1 is 1.33 bits per heavy atom. The van der Waals surface area contributed by atoms with Crippen LogP contribution in [0, 0.1) is 5.92 Å². The average Bonchev–Trinajstić information content (AvgIpc) is 2.38. The number of hydrogen-bond donors (Lipinski definition) is 0. The first kappa shape index (κ1) is 14.7. The van der Waals surface area contributed by atoms with Crippen LogP contribution in [0.25, 0.3) is 0 Å². The van der Waals surface area contributed by atoms with Gasteiger partial charge >= 0.3 is 5.97 Å². The van der Waals surface area contributed by atoms with Gasteiger partial charge in [-0.15, -0.1) is 0 Å². The number of carbonyl (C=O) groups excluding carboxylic acids is 1. The van der Waals surface area contributed by atoms with Crippen LogP contribution in [0.3, 0.4) is 0 Å². The van der Waals surface area contributed by atoms with Gasteiger partial charge in [-0.2, -0.15) is 0 Å². The number of rotatable bonds is 7. The van der Waals surface area contributed by atoms with Crippen molar-refractivity contribution >= 4 is 5.97 Å². The van der Waals surface area contributed by atoms with Gasteiger partial charge in [0.2, 0.25) is 0 Å². The fourth-order valence-corrected chi connectivity index (χ4v) is 1.59. The van der Waals surface area contributed by atoms with E-state index in [2.05, 4.69) is 17.0 Å². The Morgan fingerprint density at radius 3 is 2.61 bits per heavy atom. The zero-order chi connectivity index (χ0) is 13.4. The highest BCUT2D eigenvalue weighted by Crippen LogP contribution is 2.04. The molecule has 1 aromatic rings. The summed E-state index contributed by atoms with van der Waals surface area (Å²) in [4.78, 5) is 13.6. The average molecular weight is 249 g/mol. The second-order valence-electron chi connectivity index (χ2n) is 4.70. The molecule has 0 spiro atoms. The van der Waals surface area contributed by atoms with E-state index in [9.17, 15) is 4.79 Å². The van der Waals surface area contributed by atoms with Crippen molar-refractivity contribution in [3.05, 3.63) is 35.9 Å². The summed E-state index contributed by atoms with van der Waals surface area (Å²) in [5.74, 6) is -0.0879. The maximum Gasteiger partial charge on any atom is 0.308 e. The van der Waals surface area contributed by atoms with Crippen LogP contribution in [-0.2, 0) is 16.1 Å². The van der Waals surface area contributed by atoms with Gasteiger partial charge in [0, 0.05) is 13.1 Å². The van der Waals surface area contributed by atoms with Crippen molar-refractivity contribution in [3.8, 4) is 0 Å². The molecule has 0 N–H and O–H groups in total. The molecule has 1 rings (SSSR count). The molecule has 0 bridgehead atoms. The van der Waals surface area contributed by atoms with E-state index in [0.29, 0.717) is 6.61 Å². The molecule has 1 aromatic carbocycles. The molecule has 0 amide bonds. The van der Waals surface area contributed by atoms with Crippen molar-refractivity contribution in [1.82, 2.24) is 4.90 Å². The first-order chi connectivity index (χ1) is 8.63. The van der Waals surface area contributed by atoms with Gasteiger partial charge in [0.1, 0.15) is 6.61 Å². The van der Waals surface area contributed by atoms with Gasteiger partial charge in [-0.1, -0.05) is 44.2 Å². The minimum Gasteiger partial charge on any atom is -0.464 e. The number of benzene rings is 1. The summed E-state index contributed by atoms with van der Waals surface area (Å²) in [5.41, 5.74) is 1.27. The zero-order valence-corrected chi connectivity index (χ0v) is 11.6. The van der Waals surface area contributed by atoms with Gasteiger partial charge in [-0.05, 0) is 19.0 Å². The maximum absolute atomic E-state index is 11.5. The van der Waals surface area contributed by atoms with Crippen molar-refractivity contribution in [2.45, 2.75) is 26.8 Å². The zero-order valence-electron chi connectivity index (χ0n) is 11.6. The van der Waals surface area contributed by atoms with E-state index in [1.807, 2.05) is 39.1 Å². The van der Waals surface area contributed by atoms with E-state index in [4.69, 9.17) is 4.74 Å². The number of nitrogens with zero attached hydrogens (tertiary/aromatic N) is 1. The summed E-state index contributed by atoms with van der Waals surface area (Å²) in [6.45, 7) is 5.99. The highest BCUT2D eigenvalue weighted by Gasteiger charge is 2.11. The highest BCUT2D eigenvalue weighted by molar-refractivity contribution is 5.71. The second kappa shape index (κ2) is 7.88. The molecule has 0 saturated heterocycles. The smallest absolute Gasteiger partial charge is 0.308 e. The third kappa shape index (κ3) is 5.32. The molecule has 3 nitrogen and oxygen atoms in total. The van der Waals surface area contributed by atoms with E-state index in [1.54, 1.807) is 0 Å². The molecule has 0 aliphatic heterocycles. The number of likely N-dealkylation sites (N-methyl/N-ethyl adjacent to an activating group) is 1. The molecule has 0 radical (unpaired) electrons. The van der Waals surface area contributed by atoms with Crippen LogP contribution in [0.15, 0.2) is 30.3 Å². The first-order valence-corrected chi connectivity index (χ1v) is 6.52. The minimum absolute atomic E-state index is 0.00410. The SMILES string of the molecule is CCC(C)C(=O)OCCN(C)Cc1ccccc1. The van der Waals surface area contributed by atoms with E-state index >= 15 is 0 Å². The standard InChI is InChI=1S/C15H23NO2/c1-4-13(2)15(17)18-11-10-16(3)12-14-8-6-5-7-9-14/h5-9,13H,4,10-12H2,1-3H3. The third-order valence-corrected chi connectivity index (χ3v) is 3.03. The van der Waals surface area contributed by atoms with Crippen LogP contribution >= 0.6 is 0 Å². The van der Waals surface area contributed by atoms with E-state index in [-0.39, 0.29) is 11.9 Å². The van der Waals surface area contributed by atoms with Crippen molar-refractivity contribution in [2.75, 3.05) is 20.2 Å². The molecule has 0 aliphatic carbocycles. The monoisotopic (exact) mass is 249 g/mol. The van der Waals surface area contributed by atoms with E-state index < -0.39 is 0 Å². The van der Waals surface area contributed by atoms with Crippen LogP contribution in [0.5, 0.6) is 0 Å². The van der Waals surface area contributed by atoms with Crippen LogP contribution in [-0.4, -0.2) is 31.1 Å². The summed E-state index contributed by atoms with van der Waals surface area (Å²) in [6.07, 6.45) is 0.832. The molecule has 3 heteroatoms. The lowest BCUT2D eigenvalue weighted by Gasteiger charge is -2.17. The normalized spacial score (nSPS) is 12.4. The molecule has 0 saturated carbocycles. The van der Waals surface area contributed by atoms with Crippen molar-refractivity contribution in [1.29, 1.82) is 0 Å². The molecule has 1 atom stereocenters. The quantitative estimate of drug-likeness (QED) is 0.696. The molecule has 0 fully saturated rings. The summed E-state index contributed by atoms with van der Waals surface area (Å²) in [7, 11) is 2.03. The van der Waals surface area contributed by atoms with Gasteiger partial charge in [0.15, 0.2) is 0 Å². The van der Waals surface area contributed by atoms with Gasteiger partial charge in [-0.25, -0.2) is 0 Å². The van der Waals surface area contributed by atoms with Crippen LogP contribution in [0.4, 0.5) is 0 Å². The molecular formula is C15H23NO2. The van der Waals surface area contributed by atoms with Crippen molar-refractivity contribution in [3.63, 3.8) is 0 Å². The van der Waals surface area contributed by atoms with Gasteiger partial charge < -0.3 is 4.74 Å². The van der Waals surface area contributed by atoms with Crippen molar-refractivity contribution < 1.29 is 9.53 Å². The molecule has 18 heavy (non-hydrogen) atoms. The summed E-state index contributed by atoms with van der Waals surface area (Å²) >= 11 is 0. The molecule has 0 heterocycles. The van der Waals surface area contributed by atoms with E-state index in [0.717, 1.165) is 19.5 Å². The van der Waals surface area contributed by atoms with Gasteiger partial charge in [-0.3, -0.25) is 9.69 Å². The van der Waals surface area contributed by atoms with Gasteiger partial charge in [0.25, 0.3) is 0 Å². The van der Waals surface area contributed by atoms with E-state index in [1.165, 1.54) is 5.56 Å². The topological polar surface area (TPSA) is 29.5 Å². The Bertz CT molecular complexity index is 351. The third-order valence-electron chi connectivity index (χ3n) is 3.03. The van der Waals surface area contributed by atoms with Crippen LogP contribution in [0.1, 0.15) is 25.8 Å². The lowest BCUT2D eigenvalue weighted by molar-refractivity contribution is -0.148. The molecule has 0 aliphatic rings. The highest BCUT2D eigenvalue weighted by atomic mass is 16.5. The maximum atomic E-state index is 11.5. The Hall–Kier alpha value is -1.35. The lowest BCUT2D eigenvalue weighted by atomic mass is 10.1. The minimum atomic E-state index is -0.0920. The van der Waals surface area contributed by atoms with Crippen molar-refractivity contribution in [2.24, 2.45) is 5.92 Å². The summed E-state index contributed by atoms with van der Waals surface area (Å²) in [6, 6.07) is 10.3. The predicted molar refractivity (Wildman–Crippen MR) is 73.2 cm³/mol. The van der Waals surface area contributed by atoms with Gasteiger partial charge in [0.05, 0.1) is 5.92 Å².